The lowest BCUT2D eigenvalue weighted by molar-refractivity contribution is -0.149. The number of carbonyl (C=O) groups is 2. The van der Waals surface area contributed by atoms with Crippen molar-refractivity contribution in [3.8, 4) is 0 Å². The van der Waals surface area contributed by atoms with Gasteiger partial charge in [0.15, 0.2) is 6.61 Å². The van der Waals surface area contributed by atoms with Gasteiger partial charge in [0, 0.05) is 5.56 Å². The molecule has 4 heteroatoms. The molecule has 0 radical (unpaired) electrons. The molecule has 3 nitrogen and oxygen atoms in total. The number of rotatable bonds is 5. The first-order valence-electron chi connectivity index (χ1n) is 9.38. The standard InChI is InChI=1S/C23H25FO3/c1-15-11-16(2)21(17(3)12-15)20(25)14-27-22(26)23(9-4-5-10-23)18-7-6-8-19(24)13-18/h6-8,11-13H,4-5,9-10,14H2,1-3H3. The monoisotopic (exact) mass is 368 g/mol. The van der Waals surface area contributed by atoms with Crippen LogP contribution in [0.4, 0.5) is 4.39 Å². The Morgan fingerprint density at radius 3 is 2.26 bits per heavy atom. The lowest BCUT2D eigenvalue weighted by atomic mass is 9.79. The van der Waals surface area contributed by atoms with Crippen LogP contribution in [0.5, 0.6) is 0 Å². The third-order valence-electron chi connectivity index (χ3n) is 5.52. The summed E-state index contributed by atoms with van der Waals surface area (Å²) in [5.41, 5.74) is 3.26. The maximum Gasteiger partial charge on any atom is 0.317 e. The highest BCUT2D eigenvalue weighted by atomic mass is 19.1. The summed E-state index contributed by atoms with van der Waals surface area (Å²) in [7, 11) is 0. The smallest absolute Gasteiger partial charge is 0.317 e. The molecule has 0 aromatic heterocycles. The number of halogens is 1. The van der Waals surface area contributed by atoms with Gasteiger partial charge in [-0.2, -0.15) is 0 Å². The zero-order valence-electron chi connectivity index (χ0n) is 16.1. The Labute approximate surface area is 159 Å². The minimum Gasteiger partial charge on any atom is -0.457 e. The largest absolute Gasteiger partial charge is 0.457 e. The van der Waals surface area contributed by atoms with E-state index in [1.807, 2.05) is 32.9 Å². The molecular formula is C23H25FO3. The van der Waals surface area contributed by atoms with Crippen molar-refractivity contribution in [2.45, 2.75) is 51.9 Å². The molecular weight excluding hydrogens is 343 g/mol. The van der Waals surface area contributed by atoms with E-state index in [9.17, 15) is 14.0 Å². The Morgan fingerprint density at radius 2 is 1.67 bits per heavy atom. The van der Waals surface area contributed by atoms with Gasteiger partial charge in [-0.05, 0) is 62.4 Å². The molecule has 0 aliphatic heterocycles. The van der Waals surface area contributed by atoms with E-state index >= 15 is 0 Å². The van der Waals surface area contributed by atoms with Crippen LogP contribution in [0.2, 0.25) is 0 Å². The average Bonchev–Trinajstić information content (AvgIpc) is 3.10. The van der Waals surface area contributed by atoms with Crippen molar-refractivity contribution < 1.29 is 18.7 Å². The van der Waals surface area contributed by atoms with Gasteiger partial charge in [0.1, 0.15) is 5.82 Å². The molecule has 3 rings (SSSR count). The maximum absolute atomic E-state index is 13.7. The zero-order valence-corrected chi connectivity index (χ0v) is 16.1. The predicted molar refractivity (Wildman–Crippen MR) is 102 cm³/mol. The molecule has 2 aromatic rings. The first-order chi connectivity index (χ1) is 12.8. The number of hydrogen-bond donors (Lipinski definition) is 0. The van der Waals surface area contributed by atoms with E-state index < -0.39 is 11.4 Å². The Kier molecular flexibility index (Phi) is 5.45. The van der Waals surface area contributed by atoms with Gasteiger partial charge in [-0.25, -0.2) is 4.39 Å². The highest BCUT2D eigenvalue weighted by molar-refractivity contribution is 6.01. The summed E-state index contributed by atoms with van der Waals surface area (Å²) in [4.78, 5) is 25.6. The van der Waals surface area contributed by atoms with Crippen molar-refractivity contribution >= 4 is 11.8 Å². The maximum atomic E-state index is 13.7. The van der Waals surface area contributed by atoms with Crippen LogP contribution in [-0.2, 0) is 14.9 Å². The van der Waals surface area contributed by atoms with Crippen LogP contribution < -0.4 is 0 Å². The number of aryl methyl sites for hydroxylation is 3. The van der Waals surface area contributed by atoms with Crippen molar-refractivity contribution in [3.05, 3.63) is 70.0 Å². The number of carbonyl (C=O) groups excluding carboxylic acids is 2. The van der Waals surface area contributed by atoms with Gasteiger partial charge >= 0.3 is 5.97 Å². The average molecular weight is 368 g/mol. The van der Waals surface area contributed by atoms with E-state index in [-0.39, 0.29) is 18.2 Å². The lowest BCUT2D eigenvalue weighted by Crippen LogP contribution is -2.36. The first-order valence-corrected chi connectivity index (χ1v) is 9.38. The quantitative estimate of drug-likeness (QED) is 0.552. The van der Waals surface area contributed by atoms with Crippen LogP contribution >= 0.6 is 0 Å². The summed E-state index contributed by atoms with van der Waals surface area (Å²) in [6.45, 7) is 5.47. The third-order valence-corrected chi connectivity index (χ3v) is 5.52. The molecule has 0 amide bonds. The fourth-order valence-electron chi connectivity index (χ4n) is 4.34. The number of ketones is 1. The molecule has 0 unspecified atom stereocenters. The van der Waals surface area contributed by atoms with E-state index in [2.05, 4.69) is 0 Å². The fourth-order valence-corrected chi connectivity index (χ4v) is 4.34. The van der Waals surface area contributed by atoms with Crippen LogP contribution in [0, 0.1) is 26.6 Å². The summed E-state index contributed by atoms with van der Waals surface area (Å²) in [5, 5.41) is 0. The third kappa shape index (κ3) is 3.80. The van der Waals surface area contributed by atoms with Gasteiger partial charge in [-0.1, -0.05) is 42.7 Å². The fraction of sp³-hybridized carbons (Fsp3) is 0.391. The summed E-state index contributed by atoms with van der Waals surface area (Å²) >= 11 is 0. The van der Waals surface area contributed by atoms with Crippen LogP contribution in [-0.4, -0.2) is 18.4 Å². The van der Waals surface area contributed by atoms with Crippen LogP contribution in [0.1, 0.15) is 58.3 Å². The molecule has 0 spiro atoms. The van der Waals surface area contributed by atoms with Crippen molar-refractivity contribution in [2.75, 3.05) is 6.61 Å². The second kappa shape index (κ2) is 7.63. The van der Waals surface area contributed by atoms with Gasteiger partial charge in [0.25, 0.3) is 0 Å². The molecule has 0 N–H and O–H groups in total. The molecule has 142 valence electrons. The Balaban J connectivity index is 1.79. The minimum atomic E-state index is -0.847. The molecule has 1 aliphatic carbocycles. The molecule has 0 heterocycles. The van der Waals surface area contributed by atoms with E-state index in [0.29, 0.717) is 24.0 Å². The van der Waals surface area contributed by atoms with E-state index in [1.165, 1.54) is 12.1 Å². The Bertz CT molecular complexity index is 856. The van der Waals surface area contributed by atoms with Gasteiger partial charge in [-0.3, -0.25) is 9.59 Å². The molecule has 0 saturated heterocycles. The summed E-state index contributed by atoms with van der Waals surface area (Å²) in [6.07, 6.45) is 3.00. The predicted octanol–water partition coefficient (Wildman–Crippen LogP) is 4.99. The van der Waals surface area contributed by atoms with Crippen molar-refractivity contribution in [3.63, 3.8) is 0 Å². The van der Waals surface area contributed by atoms with Crippen molar-refractivity contribution in [2.24, 2.45) is 0 Å². The number of Topliss-reactive ketones (excluding diaryl/α,β-unsaturated/α-hetero) is 1. The number of hydrogen-bond acceptors (Lipinski definition) is 3. The molecule has 1 fully saturated rings. The second-order valence-electron chi connectivity index (χ2n) is 7.57. The normalized spacial score (nSPS) is 15.6. The molecule has 0 atom stereocenters. The van der Waals surface area contributed by atoms with Gasteiger partial charge in [0.2, 0.25) is 5.78 Å². The minimum absolute atomic E-state index is 0.203. The SMILES string of the molecule is Cc1cc(C)c(C(=O)COC(=O)C2(c3cccc(F)c3)CCCC2)c(C)c1. The van der Waals surface area contributed by atoms with Gasteiger partial charge in [-0.15, -0.1) is 0 Å². The molecule has 1 saturated carbocycles. The van der Waals surface area contributed by atoms with Crippen molar-refractivity contribution in [1.82, 2.24) is 0 Å². The van der Waals surface area contributed by atoms with Crippen LogP contribution in [0.25, 0.3) is 0 Å². The Morgan fingerprint density at radius 1 is 1.04 bits per heavy atom. The number of ether oxygens (including phenoxy) is 1. The first kappa shape index (κ1) is 19.3. The van der Waals surface area contributed by atoms with E-state index in [0.717, 1.165) is 29.5 Å². The summed E-state index contributed by atoms with van der Waals surface area (Å²) in [6, 6.07) is 10.1. The number of benzene rings is 2. The van der Waals surface area contributed by atoms with Gasteiger partial charge < -0.3 is 4.74 Å². The van der Waals surface area contributed by atoms with Gasteiger partial charge in [0.05, 0.1) is 5.41 Å². The molecule has 27 heavy (non-hydrogen) atoms. The summed E-state index contributed by atoms with van der Waals surface area (Å²) in [5.74, 6) is -0.999. The Hall–Kier alpha value is -2.49. The molecule has 0 bridgehead atoms. The van der Waals surface area contributed by atoms with Crippen molar-refractivity contribution in [1.29, 1.82) is 0 Å². The second-order valence-corrected chi connectivity index (χ2v) is 7.57. The topological polar surface area (TPSA) is 43.4 Å². The van der Waals surface area contributed by atoms with Crippen LogP contribution in [0.3, 0.4) is 0 Å². The molecule has 2 aromatic carbocycles. The highest BCUT2D eigenvalue weighted by Gasteiger charge is 2.44. The van der Waals surface area contributed by atoms with E-state index in [4.69, 9.17) is 4.74 Å². The summed E-state index contributed by atoms with van der Waals surface area (Å²) < 4.78 is 19.2. The highest BCUT2D eigenvalue weighted by Crippen LogP contribution is 2.42. The zero-order chi connectivity index (χ0) is 19.6. The lowest BCUT2D eigenvalue weighted by Gasteiger charge is -2.27. The molecule has 1 aliphatic rings. The van der Waals surface area contributed by atoms with E-state index in [1.54, 1.807) is 12.1 Å². The van der Waals surface area contributed by atoms with Crippen LogP contribution in [0.15, 0.2) is 36.4 Å². The number of esters is 1.